The number of hydrogen-bond donors (Lipinski definition) is 1. The maximum atomic E-state index is 12.1. The highest BCUT2D eigenvalue weighted by atomic mass is 16.6. The first kappa shape index (κ1) is 16.6. The Kier molecular flexibility index (Phi) is 5.43. The minimum Gasteiger partial charge on any atom is -0.325 e. The van der Waals surface area contributed by atoms with E-state index in [0.29, 0.717) is 12.2 Å². The number of carbonyl (C=O) groups excluding carboxylic acids is 1. The zero-order valence-electron chi connectivity index (χ0n) is 13.2. The average Bonchev–Trinajstić information content (AvgIpc) is 2.49. The molecule has 0 saturated carbocycles. The number of rotatable bonds is 6. The maximum absolute atomic E-state index is 12.1. The number of non-ortho nitro benzene ring substituents is 1. The molecule has 1 N–H and O–H groups in total. The molecule has 0 aliphatic heterocycles. The zero-order valence-corrected chi connectivity index (χ0v) is 13.2. The number of nitrogens with zero attached hydrogens (tertiary/aromatic N) is 2. The van der Waals surface area contributed by atoms with Crippen LogP contribution in [-0.4, -0.2) is 29.3 Å². The first-order chi connectivity index (χ1) is 11.0. The molecule has 0 fully saturated rings. The molecule has 0 aromatic heterocycles. The van der Waals surface area contributed by atoms with Crippen LogP contribution < -0.4 is 5.32 Å². The molecule has 120 valence electrons. The van der Waals surface area contributed by atoms with E-state index in [0.717, 1.165) is 5.56 Å². The van der Waals surface area contributed by atoms with E-state index in [1.165, 1.54) is 17.7 Å². The van der Waals surface area contributed by atoms with Crippen molar-refractivity contribution in [3.63, 3.8) is 0 Å². The van der Waals surface area contributed by atoms with E-state index in [9.17, 15) is 14.9 Å². The van der Waals surface area contributed by atoms with E-state index in [2.05, 4.69) is 5.32 Å². The molecule has 6 heteroatoms. The number of anilines is 1. The van der Waals surface area contributed by atoms with Crippen molar-refractivity contribution in [3.8, 4) is 0 Å². The van der Waals surface area contributed by atoms with Gasteiger partial charge >= 0.3 is 0 Å². The summed E-state index contributed by atoms with van der Waals surface area (Å²) in [5.74, 6) is -0.207. The molecule has 0 bridgehead atoms. The Labute approximate surface area is 134 Å². The lowest BCUT2D eigenvalue weighted by Crippen LogP contribution is -2.30. The van der Waals surface area contributed by atoms with Gasteiger partial charge in [-0.25, -0.2) is 0 Å². The molecular formula is C17H19N3O3. The predicted octanol–water partition coefficient (Wildman–Crippen LogP) is 2.97. The summed E-state index contributed by atoms with van der Waals surface area (Å²) in [6.45, 7) is 2.90. The highest BCUT2D eigenvalue weighted by molar-refractivity contribution is 5.92. The van der Waals surface area contributed by atoms with E-state index >= 15 is 0 Å². The van der Waals surface area contributed by atoms with Crippen LogP contribution in [-0.2, 0) is 11.3 Å². The van der Waals surface area contributed by atoms with Gasteiger partial charge in [-0.05, 0) is 31.2 Å². The minimum absolute atomic E-state index is 0.0453. The van der Waals surface area contributed by atoms with E-state index in [4.69, 9.17) is 0 Å². The summed E-state index contributed by atoms with van der Waals surface area (Å²) < 4.78 is 0. The van der Waals surface area contributed by atoms with E-state index in [-0.39, 0.29) is 18.1 Å². The van der Waals surface area contributed by atoms with Gasteiger partial charge in [0, 0.05) is 24.4 Å². The van der Waals surface area contributed by atoms with E-state index < -0.39 is 4.92 Å². The summed E-state index contributed by atoms with van der Waals surface area (Å²) in [4.78, 5) is 24.2. The van der Waals surface area contributed by atoms with Gasteiger partial charge in [-0.15, -0.1) is 0 Å². The number of likely N-dealkylation sites (N-methyl/N-ethyl adjacent to an activating group) is 1. The van der Waals surface area contributed by atoms with Gasteiger partial charge in [0.2, 0.25) is 5.91 Å². The van der Waals surface area contributed by atoms with Gasteiger partial charge in [-0.2, -0.15) is 0 Å². The van der Waals surface area contributed by atoms with Crippen LogP contribution in [0.4, 0.5) is 11.4 Å². The second-order valence-corrected chi connectivity index (χ2v) is 5.45. The Morgan fingerprint density at radius 3 is 2.65 bits per heavy atom. The summed E-state index contributed by atoms with van der Waals surface area (Å²) in [5.41, 5.74) is 2.72. The summed E-state index contributed by atoms with van der Waals surface area (Å²) in [7, 11) is 1.86. The molecule has 0 saturated heterocycles. The molecule has 0 aliphatic rings. The number of amides is 1. The van der Waals surface area contributed by atoms with Gasteiger partial charge in [-0.3, -0.25) is 19.8 Å². The Hall–Kier alpha value is -2.73. The quantitative estimate of drug-likeness (QED) is 0.657. The molecule has 0 unspecified atom stereocenters. The molecular weight excluding hydrogens is 294 g/mol. The SMILES string of the molecule is Cc1ccccc1CN(C)CC(=O)Nc1cccc([N+](=O)[O-])c1. The van der Waals surface area contributed by atoms with Crippen LogP contribution in [0.15, 0.2) is 48.5 Å². The molecule has 23 heavy (non-hydrogen) atoms. The molecule has 0 atom stereocenters. The van der Waals surface area contributed by atoms with Gasteiger partial charge in [0.05, 0.1) is 11.5 Å². The van der Waals surface area contributed by atoms with Gasteiger partial charge < -0.3 is 5.32 Å². The molecule has 6 nitrogen and oxygen atoms in total. The van der Waals surface area contributed by atoms with Gasteiger partial charge in [0.15, 0.2) is 0 Å². The van der Waals surface area contributed by atoms with Crippen molar-refractivity contribution >= 4 is 17.3 Å². The van der Waals surface area contributed by atoms with Gasteiger partial charge in [-0.1, -0.05) is 30.3 Å². The first-order valence-electron chi connectivity index (χ1n) is 7.23. The fourth-order valence-electron chi connectivity index (χ4n) is 2.28. The third-order valence-corrected chi connectivity index (χ3v) is 3.46. The second kappa shape index (κ2) is 7.51. The first-order valence-corrected chi connectivity index (χ1v) is 7.23. The number of aryl methyl sites for hydroxylation is 1. The largest absolute Gasteiger partial charge is 0.325 e. The standard InChI is InChI=1S/C17H19N3O3/c1-13-6-3-4-7-14(13)11-19(2)12-17(21)18-15-8-5-9-16(10-15)20(22)23/h3-10H,11-12H2,1-2H3,(H,18,21). The molecule has 0 radical (unpaired) electrons. The third kappa shape index (κ3) is 4.89. The van der Waals surface area contributed by atoms with Crippen LogP contribution in [0, 0.1) is 17.0 Å². The molecule has 2 rings (SSSR count). The molecule has 0 heterocycles. The second-order valence-electron chi connectivity index (χ2n) is 5.45. The number of carbonyl (C=O) groups is 1. The fraction of sp³-hybridized carbons (Fsp3) is 0.235. The highest BCUT2D eigenvalue weighted by Gasteiger charge is 2.11. The molecule has 2 aromatic carbocycles. The normalized spacial score (nSPS) is 10.6. The summed E-state index contributed by atoms with van der Waals surface area (Å²) in [6.07, 6.45) is 0. The topological polar surface area (TPSA) is 75.5 Å². The van der Waals surface area contributed by atoms with Crippen LogP contribution in [0.5, 0.6) is 0 Å². The van der Waals surface area contributed by atoms with Crippen molar-refractivity contribution in [1.29, 1.82) is 0 Å². The van der Waals surface area contributed by atoms with Crippen molar-refractivity contribution in [2.45, 2.75) is 13.5 Å². The lowest BCUT2D eigenvalue weighted by molar-refractivity contribution is -0.384. The van der Waals surface area contributed by atoms with Crippen molar-refractivity contribution in [1.82, 2.24) is 4.90 Å². The summed E-state index contributed by atoms with van der Waals surface area (Å²) in [5, 5.41) is 13.4. The molecule has 2 aromatic rings. The van der Waals surface area contributed by atoms with Gasteiger partial charge in [0.25, 0.3) is 5.69 Å². The number of hydrogen-bond acceptors (Lipinski definition) is 4. The Morgan fingerprint density at radius 2 is 1.96 bits per heavy atom. The summed E-state index contributed by atoms with van der Waals surface area (Å²) >= 11 is 0. The van der Waals surface area contributed by atoms with Gasteiger partial charge in [0.1, 0.15) is 0 Å². The molecule has 0 aliphatic carbocycles. The van der Waals surface area contributed by atoms with E-state index in [1.54, 1.807) is 12.1 Å². The lowest BCUT2D eigenvalue weighted by atomic mass is 10.1. The van der Waals surface area contributed by atoms with Crippen LogP contribution in [0.2, 0.25) is 0 Å². The third-order valence-electron chi connectivity index (χ3n) is 3.46. The highest BCUT2D eigenvalue weighted by Crippen LogP contribution is 2.17. The molecule has 1 amide bonds. The van der Waals surface area contributed by atoms with Crippen molar-refractivity contribution < 1.29 is 9.72 Å². The zero-order chi connectivity index (χ0) is 16.8. The minimum atomic E-state index is -0.486. The van der Waals surface area contributed by atoms with Crippen LogP contribution in [0.25, 0.3) is 0 Å². The lowest BCUT2D eigenvalue weighted by Gasteiger charge is -2.17. The van der Waals surface area contributed by atoms with Crippen LogP contribution in [0.1, 0.15) is 11.1 Å². The predicted molar refractivity (Wildman–Crippen MR) is 89.2 cm³/mol. The Bertz CT molecular complexity index is 716. The number of nitrogens with one attached hydrogen (secondary N) is 1. The number of nitro groups is 1. The van der Waals surface area contributed by atoms with Crippen LogP contribution in [0.3, 0.4) is 0 Å². The Balaban J connectivity index is 1.93. The summed E-state index contributed by atoms with van der Waals surface area (Å²) in [6, 6.07) is 13.9. The monoisotopic (exact) mass is 313 g/mol. The maximum Gasteiger partial charge on any atom is 0.271 e. The fourth-order valence-corrected chi connectivity index (χ4v) is 2.28. The number of nitro benzene ring substituents is 1. The van der Waals surface area contributed by atoms with Crippen molar-refractivity contribution in [2.24, 2.45) is 0 Å². The van der Waals surface area contributed by atoms with Crippen LogP contribution >= 0.6 is 0 Å². The molecule has 0 spiro atoms. The van der Waals surface area contributed by atoms with Crippen molar-refractivity contribution in [3.05, 3.63) is 69.8 Å². The van der Waals surface area contributed by atoms with Crippen molar-refractivity contribution in [2.75, 3.05) is 18.9 Å². The Morgan fingerprint density at radius 1 is 1.22 bits per heavy atom. The smallest absolute Gasteiger partial charge is 0.271 e. The van der Waals surface area contributed by atoms with E-state index in [1.807, 2.05) is 43.1 Å². The number of benzene rings is 2. The average molecular weight is 313 g/mol.